The molecule has 2 N–H and O–H groups in total. The van der Waals surface area contributed by atoms with Gasteiger partial charge in [0.2, 0.25) is 0 Å². The molecule has 0 aliphatic carbocycles. The first-order valence-corrected chi connectivity index (χ1v) is 12.9. The molecular formula is C31H40N2O2. The van der Waals surface area contributed by atoms with Crippen LogP contribution >= 0.6 is 0 Å². The van der Waals surface area contributed by atoms with Gasteiger partial charge in [-0.3, -0.25) is 4.90 Å². The highest BCUT2D eigenvalue weighted by Gasteiger charge is 2.34. The molecule has 1 aliphatic rings. The van der Waals surface area contributed by atoms with E-state index in [1.807, 2.05) is 0 Å². The van der Waals surface area contributed by atoms with E-state index in [2.05, 4.69) is 84.6 Å². The smallest absolute Gasteiger partial charge is 0.161 e. The van der Waals surface area contributed by atoms with E-state index in [0.717, 1.165) is 56.7 Å². The van der Waals surface area contributed by atoms with E-state index in [9.17, 15) is 0 Å². The Bertz CT molecular complexity index is 1030. The summed E-state index contributed by atoms with van der Waals surface area (Å²) in [6.07, 6.45) is 5.34. The summed E-state index contributed by atoms with van der Waals surface area (Å²) in [7, 11) is 3.42. The Morgan fingerprint density at radius 1 is 0.857 bits per heavy atom. The standard InChI is InChI=1S/C31H40N2O2/c1-24-28-23-30(35-3)29(34-2)22-25(28)16-21-33(24)20-11-18-31(17-10-19-32,26-12-6-4-7-13-26)27-14-8-5-9-15-27/h4-9,12-15,22-24H,10-11,16-21,32H2,1-3H3. The van der Waals surface area contributed by atoms with Crippen LogP contribution in [-0.4, -0.2) is 38.8 Å². The Morgan fingerprint density at radius 2 is 1.43 bits per heavy atom. The largest absolute Gasteiger partial charge is 0.493 e. The average molecular weight is 473 g/mol. The summed E-state index contributed by atoms with van der Waals surface area (Å²) in [6.45, 7) is 5.17. The molecule has 3 aromatic carbocycles. The second-order valence-corrected chi connectivity index (χ2v) is 9.68. The third kappa shape index (κ3) is 5.39. The predicted octanol–water partition coefficient (Wildman–Crippen LogP) is 6.13. The first kappa shape index (κ1) is 25.3. The van der Waals surface area contributed by atoms with Gasteiger partial charge in [-0.1, -0.05) is 60.7 Å². The fourth-order valence-corrected chi connectivity index (χ4v) is 5.87. The third-order valence-electron chi connectivity index (χ3n) is 7.82. The topological polar surface area (TPSA) is 47.7 Å². The van der Waals surface area contributed by atoms with Crippen LogP contribution in [0, 0.1) is 0 Å². The zero-order valence-corrected chi connectivity index (χ0v) is 21.5. The number of ether oxygens (including phenoxy) is 2. The average Bonchev–Trinajstić information content (AvgIpc) is 2.92. The van der Waals surface area contributed by atoms with Crippen molar-refractivity contribution in [2.45, 2.75) is 50.5 Å². The number of nitrogens with zero attached hydrogens (tertiary/aromatic N) is 1. The van der Waals surface area contributed by atoms with Gasteiger partial charge in [-0.05, 0) is 86.5 Å². The van der Waals surface area contributed by atoms with Crippen LogP contribution in [-0.2, 0) is 11.8 Å². The van der Waals surface area contributed by atoms with Gasteiger partial charge in [-0.15, -0.1) is 0 Å². The van der Waals surface area contributed by atoms with Crippen molar-refractivity contribution in [1.82, 2.24) is 4.90 Å². The molecule has 3 aromatic rings. The second kappa shape index (κ2) is 11.7. The highest BCUT2D eigenvalue weighted by atomic mass is 16.5. The molecule has 1 atom stereocenters. The molecule has 0 radical (unpaired) electrons. The number of rotatable bonds is 11. The van der Waals surface area contributed by atoms with Crippen LogP contribution in [0.3, 0.4) is 0 Å². The zero-order valence-electron chi connectivity index (χ0n) is 21.5. The van der Waals surface area contributed by atoms with Crippen LogP contribution in [0.15, 0.2) is 72.8 Å². The normalized spacial score (nSPS) is 16.1. The summed E-state index contributed by atoms with van der Waals surface area (Å²) in [5, 5.41) is 0. The fraction of sp³-hybridized carbons (Fsp3) is 0.419. The van der Waals surface area contributed by atoms with Crippen molar-refractivity contribution in [3.05, 3.63) is 95.1 Å². The quantitative estimate of drug-likeness (QED) is 0.365. The van der Waals surface area contributed by atoms with E-state index in [0.29, 0.717) is 12.6 Å². The Balaban J connectivity index is 1.55. The minimum absolute atomic E-state index is 0.0184. The molecule has 1 heterocycles. The van der Waals surface area contributed by atoms with Crippen LogP contribution in [0.2, 0.25) is 0 Å². The first-order chi connectivity index (χ1) is 17.1. The molecule has 0 fully saturated rings. The number of nitrogens with two attached hydrogens (primary N) is 1. The third-order valence-corrected chi connectivity index (χ3v) is 7.82. The van der Waals surface area contributed by atoms with Crippen molar-refractivity contribution in [2.24, 2.45) is 5.73 Å². The number of fused-ring (bicyclic) bond motifs is 1. The lowest BCUT2D eigenvalue weighted by atomic mass is 9.68. The van der Waals surface area contributed by atoms with E-state index in [4.69, 9.17) is 15.2 Å². The summed E-state index contributed by atoms with van der Waals surface area (Å²) >= 11 is 0. The maximum atomic E-state index is 6.02. The SMILES string of the molecule is COc1cc2c(cc1OC)C(C)N(CCCC(CCCN)(c1ccccc1)c1ccccc1)CC2. The Kier molecular flexibility index (Phi) is 8.48. The minimum Gasteiger partial charge on any atom is -0.493 e. The van der Waals surface area contributed by atoms with Gasteiger partial charge in [0.05, 0.1) is 14.2 Å². The maximum absolute atomic E-state index is 6.02. The first-order valence-electron chi connectivity index (χ1n) is 12.9. The van der Waals surface area contributed by atoms with Gasteiger partial charge >= 0.3 is 0 Å². The van der Waals surface area contributed by atoms with Crippen molar-refractivity contribution in [3.8, 4) is 11.5 Å². The molecule has 35 heavy (non-hydrogen) atoms. The van der Waals surface area contributed by atoms with Crippen molar-refractivity contribution in [1.29, 1.82) is 0 Å². The molecule has 4 heteroatoms. The summed E-state index contributed by atoms with van der Waals surface area (Å²) in [5.41, 5.74) is 11.5. The Morgan fingerprint density at radius 3 is 2.00 bits per heavy atom. The molecule has 4 rings (SSSR count). The molecule has 1 unspecified atom stereocenters. The molecule has 0 bridgehead atoms. The molecule has 0 saturated heterocycles. The monoisotopic (exact) mass is 472 g/mol. The number of hydrogen-bond donors (Lipinski definition) is 1. The molecule has 4 nitrogen and oxygen atoms in total. The molecule has 0 spiro atoms. The fourth-order valence-electron chi connectivity index (χ4n) is 5.87. The minimum atomic E-state index is -0.0184. The van der Waals surface area contributed by atoms with Gasteiger partial charge < -0.3 is 15.2 Å². The van der Waals surface area contributed by atoms with E-state index in [1.165, 1.54) is 22.3 Å². The van der Waals surface area contributed by atoms with Gasteiger partial charge in [0, 0.05) is 18.0 Å². The lowest BCUT2D eigenvalue weighted by Crippen LogP contribution is -2.36. The predicted molar refractivity (Wildman–Crippen MR) is 144 cm³/mol. The highest BCUT2D eigenvalue weighted by Crippen LogP contribution is 2.42. The summed E-state index contributed by atoms with van der Waals surface area (Å²) in [5.74, 6) is 1.64. The summed E-state index contributed by atoms with van der Waals surface area (Å²) < 4.78 is 11.1. The lowest BCUT2D eigenvalue weighted by Gasteiger charge is -2.39. The summed E-state index contributed by atoms with van der Waals surface area (Å²) in [4.78, 5) is 2.62. The van der Waals surface area contributed by atoms with Gasteiger partial charge in [-0.25, -0.2) is 0 Å². The van der Waals surface area contributed by atoms with Crippen LogP contribution < -0.4 is 15.2 Å². The van der Waals surface area contributed by atoms with Gasteiger partial charge in [0.25, 0.3) is 0 Å². The molecule has 186 valence electrons. The number of benzene rings is 3. The van der Waals surface area contributed by atoms with Crippen LogP contribution in [0.25, 0.3) is 0 Å². The van der Waals surface area contributed by atoms with Gasteiger partial charge in [-0.2, -0.15) is 0 Å². The number of hydrogen-bond acceptors (Lipinski definition) is 4. The summed E-state index contributed by atoms with van der Waals surface area (Å²) in [6, 6.07) is 26.7. The van der Waals surface area contributed by atoms with Crippen LogP contribution in [0.4, 0.5) is 0 Å². The molecule has 1 aliphatic heterocycles. The molecule has 0 aromatic heterocycles. The van der Waals surface area contributed by atoms with Crippen molar-refractivity contribution in [3.63, 3.8) is 0 Å². The molecule has 0 amide bonds. The van der Waals surface area contributed by atoms with Crippen LogP contribution in [0.5, 0.6) is 11.5 Å². The molecular weight excluding hydrogens is 432 g/mol. The van der Waals surface area contributed by atoms with Gasteiger partial charge in [0.15, 0.2) is 11.5 Å². The number of methoxy groups -OCH3 is 2. The van der Waals surface area contributed by atoms with Crippen LogP contribution in [0.1, 0.15) is 60.9 Å². The molecule has 0 saturated carbocycles. The van der Waals surface area contributed by atoms with Crippen molar-refractivity contribution < 1.29 is 9.47 Å². The van der Waals surface area contributed by atoms with E-state index < -0.39 is 0 Å². The van der Waals surface area contributed by atoms with Gasteiger partial charge in [0.1, 0.15) is 0 Å². The van der Waals surface area contributed by atoms with Crippen molar-refractivity contribution in [2.75, 3.05) is 33.9 Å². The lowest BCUT2D eigenvalue weighted by molar-refractivity contribution is 0.188. The Hall–Kier alpha value is -2.82. The highest BCUT2D eigenvalue weighted by molar-refractivity contribution is 5.49. The van der Waals surface area contributed by atoms with E-state index in [-0.39, 0.29) is 5.41 Å². The maximum Gasteiger partial charge on any atom is 0.161 e. The van der Waals surface area contributed by atoms with Crippen molar-refractivity contribution >= 4 is 0 Å². The van der Waals surface area contributed by atoms with E-state index >= 15 is 0 Å². The second-order valence-electron chi connectivity index (χ2n) is 9.68. The Labute approximate surface area is 211 Å². The van der Waals surface area contributed by atoms with E-state index in [1.54, 1.807) is 14.2 Å². The zero-order chi connectivity index (χ0) is 24.7.